The summed E-state index contributed by atoms with van der Waals surface area (Å²) in [4.78, 5) is 39.1. The second kappa shape index (κ2) is 5.39. The van der Waals surface area contributed by atoms with Gasteiger partial charge >= 0.3 is 5.97 Å². The van der Waals surface area contributed by atoms with E-state index in [2.05, 4.69) is 0 Å². The van der Waals surface area contributed by atoms with Gasteiger partial charge in [0.15, 0.2) is 0 Å². The van der Waals surface area contributed by atoms with Crippen molar-refractivity contribution in [3.8, 4) is 0 Å². The first-order valence-electron chi connectivity index (χ1n) is 7.01. The van der Waals surface area contributed by atoms with Crippen LogP contribution < -0.4 is 0 Å². The first-order chi connectivity index (χ1) is 9.94. The largest absolute Gasteiger partial charge is 0.480 e. The maximum atomic E-state index is 12.8. The van der Waals surface area contributed by atoms with Gasteiger partial charge in [0.2, 0.25) is 11.8 Å². The highest BCUT2D eigenvalue weighted by atomic mass is 32.2. The van der Waals surface area contributed by atoms with Crippen molar-refractivity contribution in [1.29, 1.82) is 0 Å². The van der Waals surface area contributed by atoms with E-state index in [1.165, 1.54) is 4.90 Å². The molecule has 3 fully saturated rings. The Morgan fingerprint density at radius 3 is 2.81 bits per heavy atom. The van der Waals surface area contributed by atoms with Crippen LogP contribution >= 0.6 is 23.5 Å². The molecule has 0 aromatic carbocycles. The molecule has 0 saturated carbocycles. The third-order valence-electron chi connectivity index (χ3n) is 4.43. The van der Waals surface area contributed by atoms with Gasteiger partial charge in [-0.3, -0.25) is 9.59 Å². The molecule has 3 aliphatic rings. The van der Waals surface area contributed by atoms with Crippen LogP contribution in [0.25, 0.3) is 0 Å². The van der Waals surface area contributed by atoms with E-state index < -0.39 is 18.1 Å². The van der Waals surface area contributed by atoms with Gasteiger partial charge in [0.25, 0.3) is 0 Å². The van der Waals surface area contributed by atoms with Gasteiger partial charge in [-0.25, -0.2) is 4.79 Å². The summed E-state index contributed by atoms with van der Waals surface area (Å²) in [6.45, 7) is 2.44. The minimum atomic E-state index is -0.961. The molecule has 3 heterocycles. The molecule has 0 radical (unpaired) electrons. The minimum absolute atomic E-state index is 0.0131. The number of fused-ring (bicyclic) bond motifs is 1. The summed E-state index contributed by atoms with van der Waals surface area (Å²) < 4.78 is 0. The zero-order valence-electron chi connectivity index (χ0n) is 11.8. The maximum absolute atomic E-state index is 12.8. The molecule has 0 spiro atoms. The molecule has 3 unspecified atom stereocenters. The highest BCUT2D eigenvalue weighted by Crippen LogP contribution is 2.47. The number of carboxylic acids is 1. The van der Waals surface area contributed by atoms with Crippen molar-refractivity contribution in [2.45, 2.75) is 36.7 Å². The lowest BCUT2D eigenvalue weighted by Gasteiger charge is -2.37. The number of hydrogen-bond donors (Lipinski definition) is 1. The molecule has 3 saturated heterocycles. The van der Waals surface area contributed by atoms with E-state index in [0.29, 0.717) is 24.5 Å². The molecule has 1 N–H and O–H groups in total. The smallest absolute Gasteiger partial charge is 0.327 e. The zero-order valence-corrected chi connectivity index (χ0v) is 13.4. The monoisotopic (exact) mass is 330 g/mol. The number of aliphatic carboxylic acids is 1. The van der Waals surface area contributed by atoms with Gasteiger partial charge in [-0.2, -0.15) is 11.8 Å². The highest BCUT2D eigenvalue weighted by molar-refractivity contribution is 8.01. The second-order valence-corrected chi connectivity index (χ2v) is 8.38. The number of hydrogen-bond acceptors (Lipinski definition) is 5. The van der Waals surface area contributed by atoms with Crippen LogP contribution in [0.1, 0.15) is 19.8 Å². The van der Waals surface area contributed by atoms with Gasteiger partial charge < -0.3 is 14.9 Å². The van der Waals surface area contributed by atoms with E-state index >= 15 is 0 Å². The van der Waals surface area contributed by atoms with E-state index in [1.54, 1.807) is 28.4 Å². The van der Waals surface area contributed by atoms with E-state index in [4.69, 9.17) is 0 Å². The van der Waals surface area contributed by atoms with Gasteiger partial charge in [-0.05, 0) is 13.3 Å². The summed E-state index contributed by atoms with van der Waals surface area (Å²) in [5.41, 5.74) is 0. The van der Waals surface area contributed by atoms with Crippen LogP contribution in [0.2, 0.25) is 0 Å². The molecule has 0 bridgehead atoms. The highest BCUT2D eigenvalue weighted by Gasteiger charge is 2.54. The molecule has 8 heteroatoms. The standard InChI is InChI=1S/C13H18N2O4S2/c1-13-3-2-10(16)15(13)8(7-21-13)11(17)14-4-5-20-6-9(14)12(18)19/h8-9H,2-7H2,1H3,(H,18,19). The Labute approximate surface area is 131 Å². The quantitative estimate of drug-likeness (QED) is 0.793. The normalized spacial score (nSPS) is 36.0. The lowest BCUT2D eigenvalue weighted by Crippen LogP contribution is -2.57. The fourth-order valence-corrected chi connectivity index (χ4v) is 5.73. The van der Waals surface area contributed by atoms with E-state index in [9.17, 15) is 19.5 Å². The fourth-order valence-electron chi connectivity index (χ4n) is 3.27. The maximum Gasteiger partial charge on any atom is 0.327 e. The molecule has 21 heavy (non-hydrogen) atoms. The van der Waals surface area contributed by atoms with Crippen LogP contribution in [0.15, 0.2) is 0 Å². The van der Waals surface area contributed by atoms with Crippen molar-refractivity contribution in [2.24, 2.45) is 0 Å². The van der Waals surface area contributed by atoms with Crippen LogP contribution in [0, 0.1) is 0 Å². The van der Waals surface area contributed by atoms with Crippen LogP contribution in [0.4, 0.5) is 0 Å². The topological polar surface area (TPSA) is 77.9 Å². The number of thioether (sulfide) groups is 2. The predicted octanol–water partition coefficient (Wildman–Crippen LogP) is 0.469. The molecule has 2 amide bonds. The molecule has 0 aromatic rings. The SMILES string of the molecule is CC12CCC(=O)N1C(C(=O)N1CCSCC1C(=O)O)CS2. The van der Waals surface area contributed by atoms with Gasteiger partial charge in [0, 0.05) is 30.2 Å². The molecular formula is C13H18N2O4S2. The average Bonchev–Trinajstić information content (AvgIpc) is 2.95. The molecule has 0 aliphatic carbocycles. The molecule has 3 aliphatic heterocycles. The van der Waals surface area contributed by atoms with Gasteiger partial charge in [-0.15, -0.1) is 11.8 Å². The fraction of sp³-hybridized carbons (Fsp3) is 0.769. The number of carbonyl (C=O) groups is 3. The number of carbonyl (C=O) groups excluding carboxylic acids is 2. The third-order valence-corrected chi connectivity index (χ3v) is 6.95. The predicted molar refractivity (Wildman–Crippen MR) is 81.2 cm³/mol. The molecule has 6 nitrogen and oxygen atoms in total. The van der Waals surface area contributed by atoms with Crippen molar-refractivity contribution in [1.82, 2.24) is 9.80 Å². The number of nitrogens with zero attached hydrogens (tertiary/aromatic N) is 2. The molecule has 3 atom stereocenters. The van der Waals surface area contributed by atoms with Crippen molar-refractivity contribution in [2.75, 3.05) is 23.8 Å². The van der Waals surface area contributed by atoms with Crippen LogP contribution in [-0.4, -0.2) is 73.4 Å². The summed E-state index contributed by atoms with van der Waals surface area (Å²) >= 11 is 3.19. The van der Waals surface area contributed by atoms with Crippen molar-refractivity contribution in [3.63, 3.8) is 0 Å². The lowest BCUT2D eigenvalue weighted by molar-refractivity contribution is -0.152. The van der Waals surface area contributed by atoms with Crippen LogP contribution in [-0.2, 0) is 14.4 Å². The van der Waals surface area contributed by atoms with Gasteiger partial charge in [0.1, 0.15) is 12.1 Å². The summed E-state index contributed by atoms with van der Waals surface area (Å²) in [6.07, 6.45) is 1.24. The Bertz CT molecular complexity index is 501. The number of rotatable bonds is 2. The van der Waals surface area contributed by atoms with E-state index in [-0.39, 0.29) is 16.7 Å². The Balaban J connectivity index is 1.81. The number of amides is 2. The van der Waals surface area contributed by atoms with Crippen LogP contribution in [0.3, 0.4) is 0 Å². The Hall–Kier alpha value is -0.890. The molecule has 0 aromatic heterocycles. The lowest BCUT2D eigenvalue weighted by atomic mass is 10.1. The molecule has 3 rings (SSSR count). The molecular weight excluding hydrogens is 312 g/mol. The zero-order chi connectivity index (χ0) is 15.2. The van der Waals surface area contributed by atoms with E-state index in [0.717, 1.165) is 12.2 Å². The Kier molecular flexibility index (Phi) is 3.85. The Morgan fingerprint density at radius 2 is 2.10 bits per heavy atom. The van der Waals surface area contributed by atoms with Crippen molar-refractivity contribution >= 4 is 41.3 Å². The number of carboxylic acid groups (broad SMARTS) is 1. The molecule has 116 valence electrons. The summed E-state index contributed by atoms with van der Waals surface area (Å²) in [7, 11) is 0. The summed E-state index contributed by atoms with van der Waals surface area (Å²) in [5.74, 6) is 0.592. The minimum Gasteiger partial charge on any atom is -0.480 e. The van der Waals surface area contributed by atoms with Gasteiger partial charge in [0.05, 0.1) is 4.87 Å². The first-order valence-corrected chi connectivity index (χ1v) is 9.15. The van der Waals surface area contributed by atoms with Crippen molar-refractivity contribution in [3.05, 3.63) is 0 Å². The van der Waals surface area contributed by atoms with Gasteiger partial charge in [-0.1, -0.05) is 0 Å². The third kappa shape index (κ3) is 2.42. The Morgan fingerprint density at radius 1 is 1.33 bits per heavy atom. The summed E-state index contributed by atoms with van der Waals surface area (Å²) in [6, 6.07) is -1.27. The van der Waals surface area contributed by atoms with Crippen LogP contribution in [0.5, 0.6) is 0 Å². The first kappa shape index (κ1) is 15.0. The van der Waals surface area contributed by atoms with E-state index in [1.807, 2.05) is 6.92 Å². The van der Waals surface area contributed by atoms with Crippen molar-refractivity contribution < 1.29 is 19.5 Å². The summed E-state index contributed by atoms with van der Waals surface area (Å²) in [5, 5.41) is 9.30. The average molecular weight is 330 g/mol. The second-order valence-electron chi connectivity index (χ2n) is 5.73.